The lowest BCUT2D eigenvalue weighted by molar-refractivity contribution is -0.385. The van der Waals surface area contributed by atoms with Crippen LogP contribution in [0.1, 0.15) is 29.3 Å². The Morgan fingerprint density at radius 1 is 1.38 bits per heavy atom. The van der Waals surface area contributed by atoms with E-state index in [4.69, 9.17) is 11.6 Å². The van der Waals surface area contributed by atoms with E-state index >= 15 is 0 Å². The average Bonchev–Trinajstić information content (AvgIpc) is 2.79. The SMILES string of the molecule is O=[N+]([O-])c1cc(F)cc(NC2CCCc3sc(Cl)cc32)c1. The number of fused-ring (bicyclic) bond motifs is 1. The van der Waals surface area contributed by atoms with Crippen molar-refractivity contribution in [2.45, 2.75) is 25.3 Å². The highest BCUT2D eigenvalue weighted by Crippen LogP contribution is 2.39. The van der Waals surface area contributed by atoms with Gasteiger partial charge < -0.3 is 5.32 Å². The molecule has 0 radical (unpaired) electrons. The third-order valence-corrected chi connectivity index (χ3v) is 4.86. The molecule has 110 valence electrons. The van der Waals surface area contributed by atoms with Crippen molar-refractivity contribution < 1.29 is 9.31 Å². The van der Waals surface area contributed by atoms with Gasteiger partial charge >= 0.3 is 0 Å². The van der Waals surface area contributed by atoms with E-state index in [1.807, 2.05) is 6.07 Å². The van der Waals surface area contributed by atoms with Crippen molar-refractivity contribution in [2.24, 2.45) is 0 Å². The molecule has 0 aliphatic heterocycles. The summed E-state index contributed by atoms with van der Waals surface area (Å²) in [5.74, 6) is -0.619. The second-order valence-corrected chi connectivity index (χ2v) is 6.74. The van der Waals surface area contributed by atoms with E-state index in [1.165, 1.54) is 17.0 Å². The predicted molar refractivity (Wildman–Crippen MR) is 81.7 cm³/mol. The highest BCUT2D eigenvalue weighted by Gasteiger charge is 2.23. The summed E-state index contributed by atoms with van der Waals surface area (Å²) in [4.78, 5) is 11.4. The molecule has 0 saturated heterocycles. The molecule has 3 rings (SSSR count). The number of anilines is 1. The van der Waals surface area contributed by atoms with Gasteiger partial charge in [-0.1, -0.05) is 11.6 Å². The maximum absolute atomic E-state index is 13.5. The van der Waals surface area contributed by atoms with Crippen molar-refractivity contribution >= 4 is 34.3 Å². The van der Waals surface area contributed by atoms with Crippen molar-refractivity contribution in [1.82, 2.24) is 0 Å². The minimum atomic E-state index is -0.619. The number of non-ortho nitro benzene ring substituents is 1. The Kier molecular flexibility index (Phi) is 3.82. The standard InChI is InChI=1S/C14H12ClFN2O2S/c15-14-7-11-12(2-1-3-13(11)21-14)17-9-4-8(16)5-10(6-9)18(19)20/h4-7,12,17H,1-3H2. The first-order valence-electron chi connectivity index (χ1n) is 6.52. The molecule has 1 N–H and O–H groups in total. The average molecular weight is 327 g/mol. The molecule has 0 fully saturated rings. The van der Waals surface area contributed by atoms with Gasteiger partial charge in [-0.2, -0.15) is 0 Å². The molecule has 1 aromatic heterocycles. The van der Waals surface area contributed by atoms with Gasteiger partial charge in [0, 0.05) is 16.6 Å². The zero-order valence-electron chi connectivity index (χ0n) is 10.9. The molecule has 1 aliphatic carbocycles. The lowest BCUT2D eigenvalue weighted by Crippen LogP contribution is -2.15. The van der Waals surface area contributed by atoms with Gasteiger partial charge in [0.2, 0.25) is 0 Å². The number of nitrogens with zero attached hydrogens (tertiary/aromatic N) is 1. The van der Waals surface area contributed by atoms with Gasteiger partial charge in [0.05, 0.1) is 21.4 Å². The number of aryl methyl sites for hydroxylation is 1. The molecule has 21 heavy (non-hydrogen) atoms. The molecular weight excluding hydrogens is 315 g/mol. The van der Waals surface area contributed by atoms with E-state index in [1.54, 1.807) is 11.3 Å². The predicted octanol–water partition coefficient (Wildman–Crippen LogP) is 4.94. The van der Waals surface area contributed by atoms with Crippen LogP contribution in [0.5, 0.6) is 0 Å². The summed E-state index contributed by atoms with van der Waals surface area (Å²) < 4.78 is 14.2. The van der Waals surface area contributed by atoms with E-state index < -0.39 is 10.7 Å². The second kappa shape index (κ2) is 5.61. The normalized spacial score (nSPS) is 17.3. The lowest BCUT2D eigenvalue weighted by Gasteiger charge is -2.24. The monoisotopic (exact) mass is 326 g/mol. The van der Waals surface area contributed by atoms with Crippen molar-refractivity contribution in [3.05, 3.63) is 55.0 Å². The van der Waals surface area contributed by atoms with Crippen molar-refractivity contribution in [2.75, 3.05) is 5.32 Å². The minimum Gasteiger partial charge on any atom is -0.378 e. The lowest BCUT2D eigenvalue weighted by atomic mass is 9.94. The van der Waals surface area contributed by atoms with Gasteiger partial charge in [0.25, 0.3) is 5.69 Å². The molecule has 7 heteroatoms. The number of hydrogen-bond acceptors (Lipinski definition) is 4. The smallest absolute Gasteiger partial charge is 0.274 e. The van der Waals surface area contributed by atoms with Gasteiger partial charge in [0.1, 0.15) is 5.82 Å². The van der Waals surface area contributed by atoms with Gasteiger partial charge in [0.15, 0.2) is 0 Å². The number of thiophene rings is 1. The van der Waals surface area contributed by atoms with Crippen molar-refractivity contribution in [1.29, 1.82) is 0 Å². The Balaban J connectivity index is 1.89. The van der Waals surface area contributed by atoms with E-state index in [9.17, 15) is 14.5 Å². The summed E-state index contributed by atoms with van der Waals surface area (Å²) in [6.07, 6.45) is 2.90. The van der Waals surface area contributed by atoms with Crippen LogP contribution in [0.25, 0.3) is 0 Å². The quantitative estimate of drug-likeness (QED) is 0.642. The number of nitrogens with one attached hydrogen (secondary N) is 1. The maximum atomic E-state index is 13.5. The first-order chi connectivity index (χ1) is 10.0. The minimum absolute atomic E-state index is 0.0129. The highest BCUT2D eigenvalue weighted by atomic mass is 35.5. The second-order valence-electron chi connectivity index (χ2n) is 4.97. The van der Waals surface area contributed by atoms with Gasteiger partial charge in [-0.3, -0.25) is 10.1 Å². The Morgan fingerprint density at radius 2 is 2.19 bits per heavy atom. The van der Waals surface area contributed by atoms with Crippen LogP contribution in [-0.4, -0.2) is 4.92 Å². The summed E-state index contributed by atoms with van der Waals surface area (Å²) in [7, 11) is 0. The van der Waals surface area contributed by atoms with Crippen LogP contribution in [0.3, 0.4) is 0 Å². The molecule has 1 unspecified atom stereocenters. The summed E-state index contributed by atoms with van der Waals surface area (Å²) in [6, 6.07) is 5.48. The molecule has 1 aliphatic rings. The number of nitro benzene ring substituents is 1. The van der Waals surface area contributed by atoms with E-state index in [-0.39, 0.29) is 11.7 Å². The van der Waals surface area contributed by atoms with E-state index in [0.29, 0.717) is 5.69 Å². The zero-order chi connectivity index (χ0) is 15.0. The van der Waals surface area contributed by atoms with Crippen molar-refractivity contribution in [3.63, 3.8) is 0 Å². The van der Waals surface area contributed by atoms with Gasteiger partial charge in [-0.05, 0) is 37.0 Å². The summed E-state index contributed by atoms with van der Waals surface area (Å²) in [5.41, 5.74) is 1.28. The molecule has 1 heterocycles. The van der Waals surface area contributed by atoms with Crippen LogP contribution in [0, 0.1) is 15.9 Å². The van der Waals surface area contributed by atoms with Crippen LogP contribution in [0.15, 0.2) is 24.3 Å². The Hall–Kier alpha value is -1.66. The number of nitro groups is 1. The van der Waals surface area contributed by atoms with Crippen LogP contribution in [-0.2, 0) is 6.42 Å². The number of rotatable bonds is 3. The molecular formula is C14H12ClFN2O2S. The Labute approximate surface area is 129 Å². The third kappa shape index (κ3) is 3.01. The largest absolute Gasteiger partial charge is 0.378 e. The number of hydrogen-bond donors (Lipinski definition) is 1. The molecule has 1 atom stereocenters. The van der Waals surface area contributed by atoms with Crippen LogP contribution < -0.4 is 5.32 Å². The fraction of sp³-hybridized carbons (Fsp3) is 0.286. The fourth-order valence-electron chi connectivity index (χ4n) is 2.64. The van der Waals surface area contributed by atoms with E-state index in [2.05, 4.69) is 5.32 Å². The molecule has 0 bridgehead atoms. The van der Waals surface area contributed by atoms with Crippen LogP contribution >= 0.6 is 22.9 Å². The molecule has 1 aromatic carbocycles. The summed E-state index contributed by atoms with van der Waals surface area (Å²) in [6.45, 7) is 0. The number of benzene rings is 1. The van der Waals surface area contributed by atoms with E-state index in [0.717, 1.165) is 35.2 Å². The summed E-state index contributed by atoms with van der Waals surface area (Å²) >= 11 is 7.61. The van der Waals surface area contributed by atoms with Crippen LogP contribution in [0.2, 0.25) is 4.34 Å². The first-order valence-corrected chi connectivity index (χ1v) is 7.72. The molecule has 2 aromatic rings. The first kappa shape index (κ1) is 14.3. The Bertz CT molecular complexity index is 704. The highest BCUT2D eigenvalue weighted by molar-refractivity contribution is 7.16. The third-order valence-electron chi connectivity index (χ3n) is 3.52. The zero-order valence-corrected chi connectivity index (χ0v) is 12.5. The molecule has 4 nitrogen and oxygen atoms in total. The molecule has 0 spiro atoms. The maximum Gasteiger partial charge on any atom is 0.274 e. The summed E-state index contributed by atoms with van der Waals surface area (Å²) in [5, 5.41) is 14.0. The number of halogens is 2. The Morgan fingerprint density at radius 3 is 2.95 bits per heavy atom. The topological polar surface area (TPSA) is 55.2 Å². The van der Waals surface area contributed by atoms with Crippen LogP contribution in [0.4, 0.5) is 15.8 Å². The van der Waals surface area contributed by atoms with Gasteiger partial charge in [-0.15, -0.1) is 11.3 Å². The molecule has 0 saturated carbocycles. The fourth-order valence-corrected chi connectivity index (χ4v) is 4.02. The molecule has 0 amide bonds. The van der Waals surface area contributed by atoms with Crippen molar-refractivity contribution in [3.8, 4) is 0 Å². The van der Waals surface area contributed by atoms with Gasteiger partial charge in [-0.25, -0.2) is 4.39 Å².